The van der Waals surface area contributed by atoms with Crippen LogP contribution >= 0.6 is 0 Å². The van der Waals surface area contributed by atoms with E-state index in [0.717, 1.165) is 24.9 Å². The average molecular weight is 285 g/mol. The number of hydrogen-bond donors (Lipinski definition) is 1. The van der Waals surface area contributed by atoms with E-state index in [1.54, 1.807) is 4.90 Å². The van der Waals surface area contributed by atoms with Crippen LogP contribution < -0.4 is 0 Å². The number of carbonyl (C=O) groups is 1. The van der Waals surface area contributed by atoms with Crippen molar-refractivity contribution in [3.05, 3.63) is 35.4 Å². The van der Waals surface area contributed by atoms with Crippen LogP contribution in [-0.2, 0) is 6.42 Å². The van der Waals surface area contributed by atoms with Gasteiger partial charge in [-0.3, -0.25) is 0 Å². The maximum Gasteiger partial charge on any atom is 0.407 e. The highest BCUT2D eigenvalue weighted by molar-refractivity contribution is 5.66. The van der Waals surface area contributed by atoms with Crippen LogP contribution in [0.3, 0.4) is 0 Å². The van der Waals surface area contributed by atoms with Crippen LogP contribution in [0.15, 0.2) is 24.3 Å². The largest absolute Gasteiger partial charge is 0.465 e. The van der Waals surface area contributed by atoms with Gasteiger partial charge >= 0.3 is 6.09 Å². The summed E-state index contributed by atoms with van der Waals surface area (Å²) < 4.78 is 0. The van der Waals surface area contributed by atoms with Crippen LogP contribution in [0.25, 0.3) is 0 Å². The fourth-order valence-electron chi connectivity index (χ4n) is 4.36. The van der Waals surface area contributed by atoms with Crippen molar-refractivity contribution in [2.75, 3.05) is 13.1 Å². The van der Waals surface area contributed by atoms with E-state index in [9.17, 15) is 4.79 Å². The zero-order valence-electron chi connectivity index (χ0n) is 12.4. The Morgan fingerprint density at radius 2 is 1.90 bits per heavy atom. The molecule has 1 aromatic carbocycles. The quantitative estimate of drug-likeness (QED) is 0.915. The molecule has 3 fully saturated rings. The van der Waals surface area contributed by atoms with E-state index < -0.39 is 6.09 Å². The minimum absolute atomic E-state index is 0.316. The number of amides is 1. The molecule has 1 aromatic rings. The molecule has 1 saturated heterocycles. The average Bonchev–Trinajstić information content (AvgIpc) is 3.18. The van der Waals surface area contributed by atoms with E-state index >= 15 is 0 Å². The second-order valence-electron chi connectivity index (χ2n) is 7.47. The normalized spacial score (nSPS) is 26.9. The third-order valence-corrected chi connectivity index (χ3v) is 5.68. The predicted octanol–water partition coefficient (Wildman–Crippen LogP) is 3.89. The van der Waals surface area contributed by atoms with Crippen LogP contribution in [0.2, 0.25) is 0 Å². The monoisotopic (exact) mass is 285 g/mol. The summed E-state index contributed by atoms with van der Waals surface area (Å²) in [4.78, 5) is 12.5. The van der Waals surface area contributed by atoms with E-state index in [1.807, 2.05) is 0 Å². The van der Waals surface area contributed by atoms with Crippen molar-refractivity contribution in [1.29, 1.82) is 0 Å². The molecule has 0 radical (unpaired) electrons. The smallest absolute Gasteiger partial charge is 0.407 e. The molecule has 1 spiro atoms. The summed E-state index contributed by atoms with van der Waals surface area (Å²) in [7, 11) is 0. The van der Waals surface area contributed by atoms with Crippen molar-refractivity contribution in [1.82, 2.24) is 4.90 Å². The standard InChI is InChI=1S/C18H23NO2/c20-17(21)19-11-18(12-19)8-7-14(10-18)9-13-1-3-15(4-2-13)16-5-6-16/h1-4,14,16H,5-12H2,(H,20,21). The van der Waals surface area contributed by atoms with Crippen LogP contribution in [0.4, 0.5) is 4.79 Å². The van der Waals surface area contributed by atoms with Crippen LogP contribution in [0, 0.1) is 11.3 Å². The molecular formula is C18H23NO2. The molecule has 1 amide bonds. The van der Waals surface area contributed by atoms with Crippen molar-refractivity contribution in [2.45, 2.75) is 44.4 Å². The highest BCUT2D eigenvalue weighted by Gasteiger charge is 2.49. The molecule has 2 aliphatic carbocycles. The van der Waals surface area contributed by atoms with Gasteiger partial charge in [0.25, 0.3) is 0 Å². The molecule has 1 unspecified atom stereocenters. The summed E-state index contributed by atoms with van der Waals surface area (Å²) in [6, 6.07) is 9.24. The molecule has 2 saturated carbocycles. The van der Waals surface area contributed by atoms with Gasteiger partial charge < -0.3 is 10.0 Å². The molecule has 3 nitrogen and oxygen atoms in total. The molecule has 4 rings (SSSR count). The lowest BCUT2D eigenvalue weighted by molar-refractivity contribution is 0.0124. The Balaban J connectivity index is 1.33. The maximum atomic E-state index is 10.9. The lowest BCUT2D eigenvalue weighted by Gasteiger charge is -2.46. The Bertz CT molecular complexity index is 541. The Hall–Kier alpha value is -1.51. The van der Waals surface area contributed by atoms with Gasteiger partial charge in [-0.15, -0.1) is 0 Å². The van der Waals surface area contributed by atoms with E-state index in [2.05, 4.69) is 24.3 Å². The Kier molecular flexibility index (Phi) is 2.98. The first kappa shape index (κ1) is 13.2. The summed E-state index contributed by atoms with van der Waals surface area (Å²) in [5, 5.41) is 8.98. The highest BCUT2D eigenvalue weighted by atomic mass is 16.4. The second-order valence-corrected chi connectivity index (χ2v) is 7.47. The minimum Gasteiger partial charge on any atom is -0.465 e. The number of benzene rings is 1. The molecule has 1 aliphatic heterocycles. The molecule has 3 heteroatoms. The summed E-state index contributed by atoms with van der Waals surface area (Å²) in [6.07, 6.45) is 6.83. The van der Waals surface area contributed by atoms with Gasteiger partial charge in [-0.25, -0.2) is 4.79 Å². The lowest BCUT2D eigenvalue weighted by atomic mass is 9.77. The fraction of sp³-hybridized carbons (Fsp3) is 0.611. The van der Waals surface area contributed by atoms with Gasteiger partial charge in [-0.2, -0.15) is 0 Å². The van der Waals surface area contributed by atoms with Crippen LogP contribution in [0.1, 0.15) is 49.1 Å². The molecule has 21 heavy (non-hydrogen) atoms. The third-order valence-electron chi connectivity index (χ3n) is 5.68. The van der Waals surface area contributed by atoms with E-state index in [-0.39, 0.29) is 0 Å². The first-order valence-electron chi connectivity index (χ1n) is 8.20. The van der Waals surface area contributed by atoms with Crippen molar-refractivity contribution >= 4 is 6.09 Å². The van der Waals surface area contributed by atoms with Crippen molar-refractivity contribution in [3.63, 3.8) is 0 Å². The number of nitrogens with zero attached hydrogens (tertiary/aromatic N) is 1. The van der Waals surface area contributed by atoms with Gasteiger partial charge in [-0.05, 0) is 61.5 Å². The minimum atomic E-state index is -0.750. The Labute approximate surface area is 126 Å². The third kappa shape index (κ3) is 2.54. The summed E-state index contributed by atoms with van der Waals surface area (Å²) in [5.74, 6) is 1.58. The first-order chi connectivity index (χ1) is 10.1. The van der Waals surface area contributed by atoms with Gasteiger partial charge in [0, 0.05) is 18.5 Å². The molecule has 1 N–H and O–H groups in total. The Morgan fingerprint density at radius 3 is 2.52 bits per heavy atom. The van der Waals surface area contributed by atoms with E-state index in [0.29, 0.717) is 5.41 Å². The first-order valence-corrected chi connectivity index (χ1v) is 8.20. The molecular weight excluding hydrogens is 262 g/mol. The molecule has 0 bridgehead atoms. The van der Waals surface area contributed by atoms with Crippen molar-refractivity contribution in [2.24, 2.45) is 11.3 Å². The SMILES string of the molecule is O=C(O)N1CC2(CCC(Cc3ccc(C4CC4)cc3)C2)C1. The zero-order chi connectivity index (χ0) is 14.4. The number of rotatable bonds is 3. The topological polar surface area (TPSA) is 40.5 Å². The number of likely N-dealkylation sites (tertiary alicyclic amines) is 1. The van der Waals surface area contributed by atoms with Gasteiger partial charge in [0.1, 0.15) is 0 Å². The molecule has 112 valence electrons. The van der Waals surface area contributed by atoms with Gasteiger partial charge in [0.15, 0.2) is 0 Å². The van der Waals surface area contributed by atoms with Crippen LogP contribution in [-0.4, -0.2) is 29.2 Å². The molecule has 1 atom stereocenters. The van der Waals surface area contributed by atoms with Crippen LogP contribution in [0.5, 0.6) is 0 Å². The van der Waals surface area contributed by atoms with E-state index in [4.69, 9.17) is 5.11 Å². The van der Waals surface area contributed by atoms with Gasteiger partial charge in [0.05, 0.1) is 0 Å². The lowest BCUT2D eigenvalue weighted by Crippen LogP contribution is -2.56. The number of carboxylic acid groups (broad SMARTS) is 1. The molecule has 1 heterocycles. The zero-order valence-corrected chi connectivity index (χ0v) is 12.4. The second kappa shape index (κ2) is 4.75. The summed E-state index contributed by atoms with van der Waals surface area (Å²) >= 11 is 0. The maximum absolute atomic E-state index is 10.9. The van der Waals surface area contributed by atoms with Crippen molar-refractivity contribution in [3.8, 4) is 0 Å². The van der Waals surface area contributed by atoms with Gasteiger partial charge in [-0.1, -0.05) is 24.3 Å². The number of hydrogen-bond acceptors (Lipinski definition) is 1. The van der Waals surface area contributed by atoms with Gasteiger partial charge in [0.2, 0.25) is 0 Å². The summed E-state index contributed by atoms with van der Waals surface area (Å²) in [6.45, 7) is 1.53. The highest BCUT2D eigenvalue weighted by Crippen LogP contribution is 2.49. The molecule has 0 aromatic heterocycles. The molecule has 3 aliphatic rings. The predicted molar refractivity (Wildman–Crippen MR) is 81.5 cm³/mol. The Morgan fingerprint density at radius 1 is 1.19 bits per heavy atom. The summed E-state index contributed by atoms with van der Waals surface area (Å²) in [5.41, 5.74) is 3.28. The van der Waals surface area contributed by atoms with E-state index in [1.165, 1.54) is 49.7 Å². The fourth-order valence-corrected chi connectivity index (χ4v) is 4.36. The van der Waals surface area contributed by atoms with Crippen molar-refractivity contribution < 1.29 is 9.90 Å².